The van der Waals surface area contributed by atoms with Gasteiger partial charge in [0.25, 0.3) is 0 Å². The maximum absolute atomic E-state index is 10.8. The molecule has 0 radical (unpaired) electrons. The number of quaternary nitrogens is 1. The van der Waals surface area contributed by atoms with Crippen LogP contribution in [0, 0.1) is 0 Å². The summed E-state index contributed by atoms with van der Waals surface area (Å²) in [6, 6.07) is 0. The summed E-state index contributed by atoms with van der Waals surface area (Å²) in [6.45, 7) is -2.01. The fraction of sp³-hybridized carbons (Fsp3) is 1.00. The molecule has 0 saturated carbocycles. The summed E-state index contributed by atoms with van der Waals surface area (Å²) in [5.41, 5.74) is 0. The van der Waals surface area contributed by atoms with Gasteiger partial charge in [-0.25, -0.2) is 0 Å². The fourth-order valence-electron chi connectivity index (χ4n) is 0.113. The highest BCUT2D eigenvalue weighted by atomic mass is 19.6. The molecule has 0 rings (SSSR count). The van der Waals surface area contributed by atoms with E-state index in [0.717, 1.165) is 0 Å². The van der Waals surface area contributed by atoms with Gasteiger partial charge in [0.05, 0.1) is 13.4 Å². The second-order valence-corrected chi connectivity index (χ2v) is 0.997. The van der Waals surface area contributed by atoms with Gasteiger partial charge in [-0.3, -0.25) is 0 Å². The molecule has 7 heavy (non-hydrogen) atoms. The number of aliphatic hydroxyl groups excluding tert-OH is 1. The lowest BCUT2D eigenvalue weighted by molar-refractivity contribution is -1.27. The van der Waals surface area contributed by atoms with Crippen LogP contribution in [0.1, 0.15) is 0 Å². The Bertz CT molecular complexity index is 51.4. The first kappa shape index (κ1) is 6.71. The molecule has 0 atom stereocenters. The van der Waals surface area contributed by atoms with E-state index in [9.17, 15) is 13.4 Å². The normalized spacial score (nSPS) is 12.0. The quantitative estimate of drug-likeness (QED) is 0.519. The van der Waals surface area contributed by atoms with Crippen LogP contribution < -0.4 is 0 Å². The van der Waals surface area contributed by atoms with Gasteiger partial charge in [-0.05, 0) is 0 Å². The van der Waals surface area contributed by atoms with Gasteiger partial charge >= 0.3 is 0 Å². The number of rotatable bonds is 2. The number of halogens is 3. The van der Waals surface area contributed by atoms with Gasteiger partial charge in [0, 0.05) is 0 Å². The molecule has 44 valence electrons. The van der Waals surface area contributed by atoms with E-state index in [1.165, 1.54) is 0 Å². The van der Waals surface area contributed by atoms with Crippen LogP contribution in [0.15, 0.2) is 0 Å². The van der Waals surface area contributed by atoms with Crippen LogP contribution >= 0.6 is 0 Å². The van der Waals surface area contributed by atoms with Crippen LogP contribution in [-0.2, 0) is 0 Å². The molecule has 0 heterocycles. The van der Waals surface area contributed by atoms with E-state index in [1.54, 1.807) is 0 Å². The molecule has 5 heteroatoms. The monoisotopic (exact) mass is 116 g/mol. The summed E-state index contributed by atoms with van der Waals surface area (Å²) < 4.78 is 32.5. The Hall–Kier alpha value is -0.290. The molecule has 0 aromatic carbocycles. The van der Waals surface area contributed by atoms with Crippen LogP contribution in [0.5, 0.6) is 0 Å². The molecule has 0 unspecified atom stereocenters. The Labute approximate surface area is 38.2 Å². The second-order valence-electron chi connectivity index (χ2n) is 0.997. The van der Waals surface area contributed by atoms with Crippen molar-refractivity contribution in [2.45, 2.75) is 0 Å². The lowest BCUT2D eigenvalue weighted by atomic mass is 10.7. The third-order valence-corrected chi connectivity index (χ3v) is 0.354. The molecular weight excluding hydrogens is 111 g/mol. The van der Waals surface area contributed by atoms with Crippen molar-refractivity contribution in [3.8, 4) is 0 Å². The largest absolute Gasteiger partial charge is 0.390 e. The van der Waals surface area contributed by atoms with E-state index in [4.69, 9.17) is 5.11 Å². The average Bonchev–Trinajstić information content (AvgIpc) is 1.30. The number of hydrogen-bond donors (Lipinski definition) is 1. The van der Waals surface area contributed by atoms with Crippen molar-refractivity contribution in [2.75, 3.05) is 13.2 Å². The fourth-order valence-corrected chi connectivity index (χ4v) is 0.113. The number of hydrogen-bond acceptors (Lipinski definition) is 1. The van der Waals surface area contributed by atoms with E-state index in [0.29, 0.717) is 0 Å². The van der Waals surface area contributed by atoms with Crippen molar-refractivity contribution >= 4 is 0 Å². The zero-order chi connectivity index (χ0) is 5.91. The average molecular weight is 116 g/mol. The summed E-state index contributed by atoms with van der Waals surface area (Å²) in [6.07, 6.45) is 0. The molecule has 0 fully saturated rings. The van der Waals surface area contributed by atoms with Crippen molar-refractivity contribution in [3.63, 3.8) is 0 Å². The van der Waals surface area contributed by atoms with Crippen LogP contribution in [0.2, 0.25) is 0 Å². The van der Waals surface area contributed by atoms with Gasteiger partial charge in [-0.1, -0.05) is 0 Å². The van der Waals surface area contributed by atoms with Crippen LogP contribution in [-0.4, -0.2) is 23.4 Å². The first-order chi connectivity index (χ1) is 3.06. The minimum Gasteiger partial charge on any atom is -0.390 e. The van der Waals surface area contributed by atoms with Crippen LogP contribution in [0.25, 0.3) is 0 Å². The van der Waals surface area contributed by atoms with Crippen molar-refractivity contribution in [1.82, 2.24) is 0 Å². The summed E-state index contributed by atoms with van der Waals surface area (Å²) in [5, 5.41) is 4.01. The van der Waals surface area contributed by atoms with E-state index in [2.05, 4.69) is 0 Å². The molecule has 0 spiro atoms. The Morgan fingerprint density at radius 3 is 1.71 bits per heavy atom. The first-order valence-electron chi connectivity index (χ1n) is 1.64. The van der Waals surface area contributed by atoms with Gasteiger partial charge < -0.3 is 5.11 Å². The summed E-state index contributed by atoms with van der Waals surface area (Å²) >= 11 is 0. The second kappa shape index (κ2) is 2.13. The highest BCUT2D eigenvalue weighted by Gasteiger charge is 2.28. The third kappa shape index (κ3) is 5.71. The van der Waals surface area contributed by atoms with Crippen molar-refractivity contribution in [3.05, 3.63) is 0 Å². The van der Waals surface area contributed by atoms with Crippen molar-refractivity contribution in [2.24, 2.45) is 0 Å². The predicted octanol–water partition coefficient (Wildman–Crippen LogP) is 0.449. The number of nitrogens with zero attached hydrogens (tertiary/aromatic N) is 1. The molecule has 0 aromatic rings. The minimum atomic E-state index is -3.66. The Kier molecular flexibility index (Phi) is 2.04. The SMILES string of the molecule is OCC[N+](F)(F)F. The molecule has 0 amide bonds. The van der Waals surface area contributed by atoms with E-state index in [1.807, 2.05) is 0 Å². The lowest BCUT2D eigenvalue weighted by Crippen LogP contribution is -2.22. The zero-order valence-electron chi connectivity index (χ0n) is 3.44. The zero-order valence-corrected chi connectivity index (χ0v) is 3.44. The predicted molar refractivity (Wildman–Crippen MR) is 15.5 cm³/mol. The Balaban J connectivity index is 3.15. The summed E-state index contributed by atoms with van der Waals surface area (Å²) in [5.74, 6) is 0. The highest BCUT2D eigenvalue weighted by molar-refractivity contribution is 4.09. The molecule has 1 N–H and O–H groups in total. The number of aliphatic hydroxyl groups is 1. The highest BCUT2D eigenvalue weighted by Crippen LogP contribution is 2.07. The van der Waals surface area contributed by atoms with E-state index in [-0.39, 0.29) is 0 Å². The Morgan fingerprint density at radius 1 is 1.29 bits per heavy atom. The molecule has 0 aliphatic rings. The summed E-state index contributed by atoms with van der Waals surface area (Å²) in [7, 11) is 0. The molecule has 0 aliphatic carbocycles. The standard InChI is InChI=1S/C2H5F3NO/c3-6(4,5)1-2-7/h7H,1-2H2/q+1. The molecule has 0 aliphatic heterocycles. The van der Waals surface area contributed by atoms with Gasteiger partial charge in [0.15, 0.2) is 0 Å². The van der Waals surface area contributed by atoms with Gasteiger partial charge in [0.1, 0.15) is 6.61 Å². The molecule has 0 saturated heterocycles. The minimum absolute atomic E-state index is 0.844. The van der Waals surface area contributed by atoms with Gasteiger partial charge in [0.2, 0.25) is 11.7 Å². The molecular formula is C2H5F3NO+. The van der Waals surface area contributed by atoms with Crippen LogP contribution in [0.3, 0.4) is 0 Å². The van der Waals surface area contributed by atoms with Gasteiger partial charge in [-0.2, -0.15) is 0 Å². The molecule has 2 nitrogen and oxygen atoms in total. The smallest absolute Gasteiger partial charge is 0.246 e. The lowest BCUT2D eigenvalue weighted by Gasteiger charge is -1.93. The maximum Gasteiger partial charge on any atom is 0.246 e. The van der Waals surface area contributed by atoms with Crippen molar-refractivity contribution < 1.29 is 23.7 Å². The van der Waals surface area contributed by atoms with Gasteiger partial charge in [-0.15, -0.1) is 0 Å². The molecule has 0 bridgehead atoms. The van der Waals surface area contributed by atoms with E-state index < -0.39 is 18.3 Å². The van der Waals surface area contributed by atoms with E-state index >= 15 is 0 Å². The maximum atomic E-state index is 10.8. The topological polar surface area (TPSA) is 20.2 Å². The van der Waals surface area contributed by atoms with Crippen LogP contribution in [0.4, 0.5) is 13.4 Å². The first-order valence-corrected chi connectivity index (χ1v) is 1.64. The molecule has 0 aromatic heterocycles. The Morgan fingerprint density at radius 2 is 1.71 bits per heavy atom. The third-order valence-electron chi connectivity index (χ3n) is 0.354. The summed E-state index contributed by atoms with van der Waals surface area (Å²) in [4.78, 5) is 0. The van der Waals surface area contributed by atoms with Crippen molar-refractivity contribution in [1.29, 1.82) is 0 Å².